The third-order valence-electron chi connectivity index (χ3n) is 6.38. The largest absolute Gasteiger partial charge is 0.466 e. The Hall–Kier alpha value is -3.98. The van der Waals surface area contributed by atoms with Gasteiger partial charge in [0.2, 0.25) is 0 Å². The molecule has 2 aromatic carbocycles. The Bertz CT molecular complexity index is 1370. The average Bonchev–Trinajstić information content (AvgIpc) is 2.94. The molecule has 1 N–H and O–H groups in total. The summed E-state index contributed by atoms with van der Waals surface area (Å²) >= 11 is 6.38. The zero-order valence-corrected chi connectivity index (χ0v) is 23.4. The second-order valence-electron chi connectivity index (χ2n) is 9.14. The van der Waals surface area contributed by atoms with Crippen molar-refractivity contribution in [2.24, 2.45) is 0 Å². The molecule has 0 bridgehead atoms. The maximum absolute atomic E-state index is 13.6. The second kappa shape index (κ2) is 15.0. The van der Waals surface area contributed by atoms with Crippen LogP contribution in [0.15, 0.2) is 55.2 Å². The minimum absolute atomic E-state index is 0.0481. The van der Waals surface area contributed by atoms with E-state index >= 15 is 0 Å². The van der Waals surface area contributed by atoms with E-state index in [1.54, 1.807) is 44.4 Å². The predicted octanol–water partition coefficient (Wildman–Crippen LogP) is 5.70. The molecule has 8 nitrogen and oxygen atoms in total. The fourth-order valence-corrected chi connectivity index (χ4v) is 4.32. The Labute approximate surface area is 238 Å². The van der Waals surface area contributed by atoms with Gasteiger partial charge in [-0.1, -0.05) is 42.5 Å². The minimum Gasteiger partial charge on any atom is -0.466 e. The number of hydrogen-bond donors (Lipinski definition) is 1. The van der Waals surface area contributed by atoms with E-state index in [1.165, 1.54) is 17.0 Å². The number of nitrogens with one attached hydrogen (secondary N) is 1. The summed E-state index contributed by atoms with van der Waals surface area (Å²) in [5.74, 6) is -1.23. The predicted molar refractivity (Wildman–Crippen MR) is 152 cm³/mol. The van der Waals surface area contributed by atoms with Gasteiger partial charge in [0.15, 0.2) is 0 Å². The number of aromatic nitrogens is 1. The molecule has 1 heterocycles. The van der Waals surface area contributed by atoms with Crippen LogP contribution in [-0.2, 0) is 32.0 Å². The SMILES string of the molecule is C=Cc1cccc(CNC(=O)N(C)[C@@H](CCC(=O)OCC)COC(=O)CCc2cc3cc(F)ccc3cn2)c1Cl. The van der Waals surface area contributed by atoms with Crippen molar-refractivity contribution in [3.05, 3.63) is 82.9 Å². The summed E-state index contributed by atoms with van der Waals surface area (Å²) in [5.41, 5.74) is 2.11. The van der Waals surface area contributed by atoms with Crippen LogP contribution in [0.4, 0.5) is 9.18 Å². The fraction of sp³-hybridized carbons (Fsp3) is 0.333. The van der Waals surface area contributed by atoms with Gasteiger partial charge in [-0.3, -0.25) is 14.6 Å². The molecule has 3 rings (SSSR count). The number of esters is 2. The number of nitrogens with zero attached hydrogens (tertiary/aromatic N) is 2. The molecule has 10 heteroatoms. The summed E-state index contributed by atoms with van der Waals surface area (Å²) in [6.45, 7) is 5.76. The van der Waals surface area contributed by atoms with Gasteiger partial charge in [0.25, 0.3) is 0 Å². The number of aryl methyl sites for hydroxylation is 1. The van der Waals surface area contributed by atoms with Gasteiger partial charge in [-0.05, 0) is 54.1 Å². The molecular formula is C30H33ClFN3O5. The van der Waals surface area contributed by atoms with E-state index in [-0.39, 0.29) is 44.8 Å². The standard InChI is InChI=1S/C30H33ClFN3O5/c1-4-20-7-6-8-22(29(20)31)18-34-30(38)35(3)26(12-14-27(36)39-5-2)19-40-28(37)13-11-25-16-23-15-24(32)10-9-21(23)17-33-25/h4,6-10,15-17,26H,1,5,11-14,18-19H2,2-3H3,(H,34,38)/t26-/m0/s1. The monoisotopic (exact) mass is 569 g/mol. The van der Waals surface area contributed by atoms with Gasteiger partial charge in [-0.25, -0.2) is 9.18 Å². The van der Waals surface area contributed by atoms with E-state index in [1.807, 2.05) is 12.1 Å². The maximum Gasteiger partial charge on any atom is 0.317 e. The first-order chi connectivity index (χ1) is 19.2. The van der Waals surface area contributed by atoms with Crippen molar-refractivity contribution in [2.75, 3.05) is 20.3 Å². The van der Waals surface area contributed by atoms with Crippen molar-refractivity contribution in [3.8, 4) is 0 Å². The molecule has 0 spiro atoms. The number of carbonyl (C=O) groups excluding carboxylic acids is 3. The third-order valence-corrected chi connectivity index (χ3v) is 6.84. The molecule has 3 aromatic rings. The average molecular weight is 570 g/mol. The third kappa shape index (κ3) is 8.77. The van der Waals surface area contributed by atoms with Crippen molar-refractivity contribution in [2.45, 2.75) is 45.2 Å². The van der Waals surface area contributed by atoms with Crippen LogP contribution in [0.1, 0.15) is 43.0 Å². The maximum atomic E-state index is 13.6. The van der Waals surface area contributed by atoms with Gasteiger partial charge in [-0.2, -0.15) is 0 Å². The normalized spacial score (nSPS) is 11.5. The van der Waals surface area contributed by atoms with Crippen molar-refractivity contribution in [1.29, 1.82) is 0 Å². The molecule has 0 aliphatic heterocycles. The zero-order chi connectivity index (χ0) is 29.1. The van der Waals surface area contributed by atoms with Crippen molar-refractivity contribution >= 4 is 46.4 Å². The Morgan fingerprint density at radius 1 is 1.12 bits per heavy atom. The lowest BCUT2D eigenvalue weighted by molar-refractivity contribution is -0.145. The molecule has 0 unspecified atom stereocenters. The van der Waals surface area contributed by atoms with E-state index in [4.69, 9.17) is 21.1 Å². The number of rotatable bonds is 13. The Morgan fingerprint density at radius 3 is 2.65 bits per heavy atom. The zero-order valence-electron chi connectivity index (χ0n) is 22.6. The molecule has 0 aliphatic carbocycles. The van der Waals surface area contributed by atoms with Gasteiger partial charge in [0, 0.05) is 43.7 Å². The van der Waals surface area contributed by atoms with E-state index in [9.17, 15) is 18.8 Å². The summed E-state index contributed by atoms with van der Waals surface area (Å²) in [7, 11) is 1.57. The van der Waals surface area contributed by atoms with Gasteiger partial charge >= 0.3 is 18.0 Å². The van der Waals surface area contributed by atoms with Gasteiger partial charge in [0.1, 0.15) is 12.4 Å². The van der Waals surface area contributed by atoms with Crippen LogP contribution in [0.25, 0.3) is 16.8 Å². The lowest BCUT2D eigenvalue weighted by Crippen LogP contribution is -2.46. The van der Waals surface area contributed by atoms with Crippen molar-refractivity contribution in [3.63, 3.8) is 0 Å². The molecule has 1 atom stereocenters. The highest BCUT2D eigenvalue weighted by atomic mass is 35.5. The molecule has 0 radical (unpaired) electrons. The quantitative estimate of drug-likeness (QED) is 0.265. The van der Waals surface area contributed by atoms with E-state index < -0.39 is 24.0 Å². The molecule has 0 saturated heterocycles. The number of carbonyl (C=O) groups is 3. The van der Waals surface area contributed by atoms with Gasteiger partial charge in [-0.15, -0.1) is 0 Å². The molecule has 212 valence electrons. The number of pyridine rings is 1. The number of ether oxygens (including phenoxy) is 2. The van der Waals surface area contributed by atoms with Crippen LogP contribution in [0.3, 0.4) is 0 Å². The molecule has 0 fully saturated rings. The van der Waals surface area contributed by atoms with E-state index in [0.29, 0.717) is 22.5 Å². The number of fused-ring (bicyclic) bond motifs is 1. The summed E-state index contributed by atoms with van der Waals surface area (Å²) in [5, 5.41) is 4.81. The summed E-state index contributed by atoms with van der Waals surface area (Å²) in [4.78, 5) is 43.2. The molecule has 2 amide bonds. The highest BCUT2D eigenvalue weighted by molar-refractivity contribution is 6.32. The van der Waals surface area contributed by atoms with Crippen LogP contribution in [0.5, 0.6) is 0 Å². The topological polar surface area (TPSA) is 97.8 Å². The van der Waals surface area contributed by atoms with Crippen LogP contribution < -0.4 is 5.32 Å². The van der Waals surface area contributed by atoms with Crippen LogP contribution >= 0.6 is 11.6 Å². The smallest absolute Gasteiger partial charge is 0.317 e. The first-order valence-corrected chi connectivity index (χ1v) is 13.4. The van der Waals surface area contributed by atoms with Gasteiger partial charge < -0.3 is 19.7 Å². The lowest BCUT2D eigenvalue weighted by Gasteiger charge is -2.28. The van der Waals surface area contributed by atoms with Crippen LogP contribution in [0, 0.1) is 5.82 Å². The first kappa shape index (κ1) is 30.6. The number of hydrogen-bond acceptors (Lipinski definition) is 6. The molecule has 0 saturated carbocycles. The fourth-order valence-electron chi connectivity index (χ4n) is 4.05. The van der Waals surface area contributed by atoms with E-state index in [2.05, 4.69) is 16.9 Å². The van der Waals surface area contributed by atoms with Crippen molar-refractivity contribution < 1.29 is 28.2 Å². The Morgan fingerprint density at radius 2 is 1.90 bits per heavy atom. The summed E-state index contributed by atoms with van der Waals surface area (Å²) < 4.78 is 24.0. The highest BCUT2D eigenvalue weighted by Gasteiger charge is 2.23. The molecule has 0 aliphatic rings. The van der Waals surface area contributed by atoms with E-state index in [0.717, 1.165) is 16.5 Å². The molecule has 1 aromatic heterocycles. The molecule has 40 heavy (non-hydrogen) atoms. The van der Waals surface area contributed by atoms with Crippen LogP contribution in [-0.4, -0.2) is 54.2 Å². The Balaban J connectivity index is 1.58. The second-order valence-corrected chi connectivity index (χ2v) is 9.52. The molecular weight excluding hydrogens is 537 g/mol. The number of halogens is 2. The number of likely N-dealkylation sites (N-methyl/N-ethyl adjacent to an activating group) is 1. The Kier molecular flexibility index (Phi) is 11.4. The highest BCUT2D eigenvalue weighted by Crippen LogP contribution is 2.22. The first-order valence-electron chi connectivity index (χ1n) is 13.0. The lowest BCUT2D eigenvalue weighted by atomic mass is 10.1. The van der Waals surface area contributed by atoms with Crippen molar-refractivity contribution in [1.82, 2.24) is 15.2 Å². The number of benzene rings is 2. The minimum atomic E-state index is -0.579. The number of urea groups is 1. The van der Waals surface area contributed by atoms with Crippen LogP contribution in [0.2, 0.25) is 5.02 Å². The number of amides is 2. The summed E-state index contributed by atoms with van der Waals surface area (Å²) in [6.07, 6.45) is 3.91. The van der Waals surface area contributed by atoms with Gasteiger partial charge in [0.05, 0.1) is 24.1 Å². The summed E-state index contributed by atoms with van der Waals surface area (Å²) in [6, 6.07) is 10.6.